The Kier molecular flexibility index (Phi) is 7.02. The van der Waals surface area contributed by atoms with Crippen molar-refractivity contribution in [1.29, 1.82) is 0 Å². The van der Waals surface area contributed by atoms with E-state index in [9.17, 15) is 13.2 Å². The molecule has 6 heteroatoms. The summed E-state index contributed by atoms with van der Waals surface area (Å²) in [6, 6.07) is 15.0. The van der Waals surface area contributed by atoms with Crippen LogP contribution in [0.5, 0.6) is 0 Å². The van der Waals surface area contributed by atoms with Gasteiger partial charge in [-0.2, -0.15) is 0 Å². The van der Waals surface area contributed by atoms with E-state index < -0.39 is 10.0 Å². The normalized spacial score (nSPS) is 12.4. The molecule has 1 atom stereocenters. The Balaban J connectivity index is 1.92. The minimum Gasteiger partial charge on any atom is -0.350 e. The molecule has 1 N–H and O–H groups in total. The molecule has 0 heterocycles. The van der Waals surface area contributed by atoms with E-state index in [1.165, 1.54) is 16.1 Å². The van der Waals surface area contributed by atoms with E-state index in [0.717, 1.165) is 11.1 Å². The third-order valence-electron chi connectivity index (χ3n) is 4.48. The number of benzene rings is 2. The summed E-state index contributed by atoms with van der Waals surface area (Å²) >= 11 is 0. The summed E-state index contributed by atoms with van der Waals surface area (Å²) in [4.78, 5) is 12.3. The first-order chi connectivity index (χ1) is 12.7. The van der Waals surface area contributed by atoms with Crippen molar-refractivity contribution in [2.75, 3.05) is 17.1 Å². The van der Waals surface area contributed by atoms with Gasteiger partial charge in [0.25, 0.3) is 0 Å². The van der Waals surface area contributed by atoms with Crippen molar-refractivity contribution >= 4 is 21.6 Å². The van der Waals surface area contributed by atoms with E-state index in [-0.39, 0.29) is 24.9 Å². The van der Waals surface area contributed by atoms with Crippen molar-refractivity contribution in [3.8, 4) is 0 Å². The van der Waals surface area contributed by atoms with Crippen LogP contribution in [0.4, 0.5) is 5.69 Å². The van der Waals surface area contributed by atoms with Crippen LogP contribution in [0.15, 0.2) is 48.5 Å². The quantitative estimate of drug-likeness (QED) is 0.749. The van der Waals surface area contributed by atoms with Gasteiger partial charge in [0.1, 0.15) is 0 Å². The number of anilines is 1. The highest BCUT2D eigenvalue weighted by Gasteiger charge is 2.18. The van der Waals surface area contributed by atoms with E-state index in [1.54, 1.807) is 24.3 Å². The number of nitrogens with one attached hydrogen (secondary N) is 1. The van der Waals surface area contributed by atoms with Gasteiger partial charge in [-0.05, 0) is 50.5 Å². The summed E-state index contributed by atoms with van der Waals surface area (Å²) < 4.78 is 25.5. The third kappa shape index (κ3) is 6.10. The lowest BCUT2D eigenvalue weighted by Gasteiger charge is -2.22. The van der Waals surface area contributed by atoms with E-state index in [2.05, 4.69) is 11.4 Å². The fraction of sp³-hybridized carbons (Fsp3) is 0.381. The highest BCUT2D eigenvalue weighted by atomic mass is 32.2. The molecule has 0 fully saturated rings. The fourth-order valence-corrected chi connectivity index (χ4v) is 4.13. The summed E-state index contributed by atoms with van der Waals surface area (Å²) in [6.45, 7) is 6.31. The monoisotopic (exact) mass is 388 g/mol. The van der Waals surface area contributed by atoms with Crippen molar-refractivity contribution in [2.45, 2.75) is 39.7 Å². The van der Waals surface area contributed by atoms with Crippen LogP contribution in [-0.2, 0) is 14.8 Å². The van der Waals surface area contributed by atoms with E-state index in [0.29, 0.717) is 12.1 Å². The van der Waals surface area contributed by atoms with Crippen molar-refractivity contribution < 1.29 is 13.2 Å². The van der Waals surface area contributed by atoms with Gasteiger partial charge in [-0.1, -0.05) is 42.0 Å². The van der Waals surface area contributed by atoms with Crippen LogP contribution in [0.3, 0.4) is 0 Å². The van der Waals surface area contributed by atoms with Gasteiger partial charge in [0.15, 0.2) is 0 Å². The van der Waals surface area contributed by atoms with Crippen LogP contribution in [0.25, 0.3) is 0 Å². The molecule has 146 valence electrons. The zero-order valence-corrected chi connectivity index (χ0v) is 17.2. The largest absolute Gasteiger partial charge is 0.350 e. The van der Waals surface area contributed by atoms with Crippen LogP contribution in [0, 0.1) is 13.8 Å². The van der Waals surface area contributed by atoms with Gasteiger partial charge in [0, 0.05) is 13.0 Å². The number of hydrogen-bond donors (Lipinski definition) is 1. The van der Waals surface area contributed by atoms with E-state index in [1.807, 2.05) is 39.0 Å². The van der Waals surface area contributed by atoms with Gasteiger partial charge < -0.3 is 5.32 Å². The van der Waals surface area contributed by atoms with Gasteiger partial charge in [0.05, 0.1) is 18.0 Å². The predicted octanol–water partition coefficient (Wildman–Crippen LogP) is 3.73. The molecule has 5 nitrogen and oxygen atoms in total. The van der Waals surface area contributed by atoms with Crippen LogP contribution in [-0.4, -0.2) is 27.1 Å². The zero-order chi connectivity index (χ0) is 20.0. The Labute approximate surface area is 162 Å². The number of carbonyl (C=O) groups excluding carboxylic acids is 1. The van der Waals surface area contributed by atoms with Gasteiger partial charge in [0.2, 0.25) is 15.9 Å². The molecule has 0 aliphatic carbocycles. The maximum atomic E-state index is 12.3. The number of aryl methyl sites for hydroxylation is 2. The van der Waals surface area contributed by atoms with E-state index in [4.69, 9.17) is 0 Å². The van der Waals surface area contributed by atoms with Crippen molar-refractivity contribution in [3.05, 3.63) is 65.2 Å². The lowest BCUT2D eigenvalue weighted by Crippen LogP contribution is -2.32. The number of sulfonamides is 1. The van der Waals surface area contributed by atoms with Crippen LogP contribution in [0.1, 0.15) is 42.5 Å². The Morgan fingerprint density at radius 1 is 1.11 bits per heavy atom. The predicted molar refractivity (Wildman–Crippen MR) is 110 cm³/mol. The second-order valence-corrected chi connectivity index (χ2v) is 8.83. The molecule has 27 heavy (non-hydrogen) atoms. The molecule has 0 aliphatic rings. The molecule has 0 aliphatic heterocycles. The molecular formula is C21H28N2O3S. The molecule has 1 unspecified atom stereocenters. The number of nitrogens with zero attached hydrogens (tertiary/aromatic N) is 1. The first kappa shape index (κ1) is 21.0. The topological polar surface area (TPSA) is 66.5 Å². The first-order valence-corrected chi connectivity index (χ1v) is 10.9. The standard InChI is InChI=1S/C21H28N2O3S/c1-16-12-13-20(17(2)15-16)18(3)22-21(24)11-8-14-23(27(4,25)26)19-9-6-5-7-10-19/h5-7,9-10,12-13,15,18H,8,11,14H2,1-4H3,(H,22,24). The van der Waals surface area contributed by atoms with Gasteiger partial charge in [-0.25, -0.2) is 8.42 Å². The van der Waals surface area contributed by atoms with Crippen LogP contribution < -0.4 is 9.62 Å². The maximum absolute atomic E-state index is 12.3. The van der Waals surface area contributed by atoms with Crippen molar-refractivity contribution in [1.82, 2.24) is 5.32 Å². The van der Waals surface area contributed by atoms with Crippen LogP contribution in [0.2, 0.25) is 0 Å². The highest BCUT2D eigenvalue weighted by molar-refractivity contribution is 7.92. The summed E-state index contributed by atoms with van der Waals surface area (Å²) in [6.07, 6.45) is 1.91. The number of amides is 1. The summed E-state index contributed by atoms with van der Waals surface area (Å²) in [5.41, 5.74) is 4.05. The lowest BCUT2D eigenvalue weighted by atomic mass is 10.00. The molecular weight excluding hydrogens is 360 g/mol. The molecule has 1 amide bonds. The summed E-state index contributed by atoms with van der Waals surface area (Å²) in [7, 11) is -3.39. The Morgan fingerprint density at radius 3 is 2.37 bits per heavy atom. The smallest absolute Gasteiger partial charge is 0.232 e. The molecule has 0 aromatic heterocycles. The number of rotatable bonds is 8. The third-order valence-corrected chi connectivity index (χ3v) is 5.67. The SMILES string of the molecule is Cc1ccc(C(C)NC(=O)CCCN(c2ccccc2)S(C)(=O)=O)c(C)c1. The number of carbonyl (C=O) groups is 1. The average molecular weight is 389 g/mol. The van der Waals surface area contributed by atoms with Crippen molar-refractivity contribution in [3.63, 3.8) is 0 Å². The molecule has 0 spiro atoms. The Morgan fingerprint density at radius 2 is 1.78 bits per heavy atom. The average Bonchev–Trinajstić information content (AvgIpc) is 2.58. The lowest BCUT2D eigenvalue weighted by molar-refractivity contribution is -0.121. The second kappa shape index (κ2) is 9.04. The Hall–Kier alpha value is -2.34. The molecule has 2 aromatic carbocycles. The minimum absolute atomic E-state index is 0.0796. The Bertz CT molecular complexity index is 880. The number of hydrogen-bond acceptors (Lipinski definition) is 3. The molecule has 0 bridgehead atoms. The fourth-order valence-electron chi connectivity index (χ4n) is 3.17. The second-order valence-electron chi connectivity index (χ2n) is 6.92. The van der Waals surface area contributed by atoms with Crippen molar-refractivity contribution in [2.24, 2.45) is 0 Å². The molecule has 2 aromatic rings. The first-order valence-electron chi connectivity index (χ1n) is 9.08. The molecule has 0 radical (unpaired) electrons. The van der Waals surface area contributed by atoms with Gasteiger partial charge in [-0.3, -0.25) is 9.10 Å². The minimum atomic E-state index is -3.39. The molecule has 0 saturated heterocycles. The van der Waals surface area contributed by atoms with E-state index >= 15 is 0 Å². The van der Waals surface area contributed by atoms with Gasteiger partial charge >= 0.3 is 0 Å². The molecule has 0 saturated carbocycles. The maximum Gasteiger partial charge on any atom is 0.232 e. The summed E-state index contributed by atoms with van der Waals surface area (Å²) in [5, 5.41) is 3.00. The molecule has 2 rings (SSSR count). The highest BCUT2D eigenvalue weighted by Crippen LogP contribution is 2.20. The summed E-state index contributed by atoms with van der Waals surface area (Å²) in [5.74, 6) is -0.0796. The van der Waals surface area contributed by atoms with Crippen LogP contribution >= 0.6 is 0 Å². The van der Waals surface area contributed by atoms with Gasteiger partial charge in [-0.15, -0.1) is 0 Å². The number of para-hydroxylation sites is 1. The zero-order valence-electron chi connectivity index (χ0n) is 16.4.